The summed E-state index contributed by atoms with van der Waals surface area (Å²) >= 11 is 3.34. The van der Waals surface area contributed by atoms with Crippen LogP contribution in [0.25, 0.3) is 21.0 Å². The first-order valence-electron chi connectivity index (χ1n) is 8.92. The minimum atomic E-state index is -0.0392. The molecule has 0 fully saturated rings. The van der Waals surface area contributed by atoms with E-state index >= 15 is 0 Å². The first kappa shape index (κ1) is 18.0. The van der Waals surface area contributed by atoms with Crippen LogP contribution in [-0.4, -0.2) is 16.1 Å². The Hall–Kier alpha value is -2.37. The van der Waals surface area contributed by atoms with Gasteiger partial charge >= 0.3 is 0 Å². The first-order valence-corrected chi connectivity index (χ1v) is 10.6. The van der Waals surface area contributed by atoms with Gasteiger partial charge < -0.3 is 5.32 Å². The summed E-state index contributed by atoms with van der Waals surface area (Å²) in [6.45, 7) is 4.35. The number of hydrogen-bond donors (Lipinski definition) is 1. The number of nitrogens with one attached hydrogen (secondary N) is 1. The maximum absolute atomic E-state index is 12.4. The van der Waals surface area contributed by atoms with Crippen molar-refractivity contribution in [2.24, 2.45) is 0 Å². The molecule has 0 spiro atoms. The summed E-state index contributed by atoms with van der Waals surface area (Å²) in [7, 11) is 0. The van der Waals surface area contributed by atoms with Crippen LogP contribution in [0.15, 0.2) is 65.6 Å². The summed E-state index contributed by atoms with van der Waals surface area (Å²) in [5, 5.41) is 6.43. The highest BCUT2D eigenvalue weighted by Gasteiger charge is 2.11. The van der Waals surface area contributed by atoms with Gasteiger partial charge in [0.15, 0.2) is 5.13 Å². The van der Waals surface area contributed by atoms with Crippen molar-refractivity contribution in [2.45, 2.75) is 30.4 Å². The highest BCUT2D eigenvalue weighted by molar-refractivity contribution is 7.99. The lowest BCUT2D eigenvalue weighted by molar-refractivity contribution is -0.115. The standard InChI is InChI=1S/C22H20N2OS2/c1-14(2)26-17-10-7-15(8-11-17)13-20(25)23-22-24-21-18-6-4-3-5-16(18)9-12-19(21)27-22/h3-12,14H,13H2,1-2H3,(H,23,24,25). The Morgan fingerprint density at radius 2 is 1.85 bits per heavy atom. The third-order valence-corrected chi connectivity index (χ3v) is 6.14. The largest absolute Gasteiger partial charge is 0.302 e. The van der Waals surface area contributed by atoms with Crippen molar-refractivity contribution in [2.75, 3.05) is 5.32 Å². The average molecular weight is 393 g/mol. The SMILES string of the molecule is CC(C)Sc1ccc(CC(=O)Nc2nc3c(ccc4ccccc43)s2)cc1. The number of aromatic nitrogens is 1. The summed E-state index contributed by atoms with van der Waals surface area (Å²) in [6.07, 6.45) is 0.350. The number of amides is 1. The number of anilines is 1. The molecule has 0 atom stereocenters. The molecule has 3 nitrogen and oxygen atoms in total. The van der Waals surface area contributed by atoms with Gasteiger partial charge in [0.2, 0.25) is 5.91 Å². The monoisotopic (exact) mass is 392 g/mol. The first-order chi connectivity index (χ1) is 13.1. The second-order valence-corrected chi connectivity index (χ2v) is 9.37. The zero-order chi connectivity index (χ0) is 18.8. The fourth-order valence-corrected chi connectivity index (χ4v) is 4.76. The second-order valence-electron chi connectivity index (χ2n) is 6.69. The van der Waals surface area contributed by atoms with Crippen molar-refractivity contribution in [3.8, 4) is 0 Å². The molecule has 0 bridgehead atoms. The smallest absolute Gasteiger partial charge is 0.230 e. The van der Waals surface area contributed by atoms with Gasteiger partial charge in [0.05, 0.1) is 16.6 Å². The van der Waals surface area contributed by atoms with E-state index in [4.69, 9.17) is 0 Å². The molecule has 5 heteroatoms. The fourth-order valence-electron chi connectivity index (χ4n) is 3.02. The third kappa shape index (κ3) is 4.15. The molecule has 4 rings (SSSR count). The van der Waals surface area contributed by atoms with Crippen LogP contribution in [0, 0.1) is 0 Å². The maximum Gasteiger partial charge on any atom is 0.230 e. The van der Waals surface area contributed by atoms with E-state index in [-0.39, 0.29) is 5.91 Å². The summed E-state index contributed by atoms with van der Waals surface area (Å²) in [5.41, 5.74) is 1.95. The Labute approximate surface area is 166 Å². The summed E-state index contributed by atoms with van der Waals surface area (Å²) in [4.78, 5) is 18.3. The van der Waals surface area contributed by atoms with Crippen LogP contribution in [0.2, 0.25) is 0 Å². The molecule has 0 aliphatic heterocycles. The molecule has 0 saturated heterocycles. The molecule has 1 heterocycles. The summed E-state index contributed by atoms with van der Waals surface area (Å²) in [6, 6.07) is 20.6. The van der Waals surface area contributed by atoms with E-state index in [0.29, 0.717) is 16.8 Å². The maximum atomic E-state index is 12.4. The topological polar surface area (TPSA) is 42.0 Å². The van der Waals surface area contributed by atoms with Gasteiger partial charge in [0, 0.05) is 15.5 Å². The van der Waals surface area contributed by atoms with Gasteiger partial charge in [-0.05, 0) is 29.1 Å². The lowest BCUT2D eigenvalue weighted by Gasteiger charge is -2.06. The van der Waals surface area contributed by atoms with Crippen LogP contribution >= 0.6 is 23.1 Å². The van der Waals surface area contributed by atoms with Crippen molar-refractivity contribution in [3.63, 3.8) is 0 Å². The van der Waals surface area contributed by atoms with E-state index in [0.717, 1.165) is 26.6 Å². The van der Waals surface area contributed by atoms with Crippen molar-refractivity contribution < 1.29 is 4.79 Å². The predicted octanol–water partition coefficient (Wildman–Crippen LogP) is 6.13. The lowest BCUT2D eigenvalue weighted by Crippen LogP contribution is -2.14. The molecule has 1 N–H and O–H groups in total. The van der Waals surface area contributed by atoms with Gasteiger partial charge in [-0.15, -0.1) is 11.8 Å². The molecule has 0 radical (unpaired) electrons. The van der Waals surface area contributed by atoms with Crippen LogP contribution in [0.3, 0.4) is 0 Å². The Bertz CT molecular complexity index is 1100. The number of fused-ring (bicyclic) bond motifs is 3. The van der Waals surface area contributed by atoms with E-state index in [2.05, 4.69) is 60.5 Å². The number of benzene rings is 3. The van der Waals surface area contributed by atoms with Gasteiger partial charge in [-0.3, -0.25) is 4.79 Å². The molecule has 0 unspecified atom stereocenters. The molecule has 4 aromatic rings. The van der Waals surface area contributed by atoms with Crippen LogP contribution in [0.5, 0.6) is 0 Å². The number of nitrogens with zero attached hydrogens (tertiary/aromatic N) is 1. The number of hydrogen-bond acceptors (Lipinski definition) is 4. The highest BCUT2D eigenvalue weighted by Crippen LogP contribution is 2.31. The molecular weight excluding hydrogens is 372 g/mol. The van der Waals surface area contributed by atoms with E-state index in [9.17, 15) is 4.79 Å². The zero-order valence-electron chi connectivity index (χ0n) is 15.2. The van der Waals surface area contributed by atoms with Crippen molar-refractivity contribution >= 4 is 55.1 Å². The van der Waals surface area contributed by atoms with Crippen LogP contribution in [0.1, 0.15) is 19.4 Å². The van der Waals surface area contributed by atoms with Gasteiger partial charge in [0.25, 0.3) is 0 Å². The highest BCUT2D eigenvalue weighted by atomic mass is 32.2. The minimum absolute atomic E-state index is 0.0392. The van der Waals surface area contributed by atoms with Gasteiger partial charge in [0.1, 0.15) is 0 Å². The van der Waals surface area contributed by atoms with E-state index in [1.807, 2.05) is 36.0 Å². The molecule has 1 amide bonds. The number of carbonyl (C=O) groups is 1. The van der Waals surface area contributed by atoms with E-state index < -0.39 is 0 Å². The van der Waals surface area contributed by atoms with Gasteiger partial charge in [-0.25, -0.2) is 4.98 Å². The summed E-state index contributed by atoms with van der Waals surface area (Å²) < 4.78 is 1.08. The van der Waals surface area contributed by atoms with Crippen molar-refractivity contribution in [1.29, 1.82) is 0 Å². The average Bonchev–Trinajstić information content (AvgIpc) is 3.05. The van der Waals surface area contributed by atoms with Crippen molar-refractivity contribution in [3.05, 3.63) is 66.2 Å². The molecule has 3 aromatic carbocycles. The molecule has 136 valence electrons. The Balaban J connectivity index is 1.48. The molecular formula is C22H20N2OS2. The minimum Gasteiger partial charge on any atom is -0.302 e. The normalized spacial score (nSPS) is 11.4. The van der Waals surface area contributed by atoms with Crippen LogP contribution in [-0.2, 0) is 11.2 Å². The predicted molar refractivity (Wildman–Crippen MR) is 117 cm³/mol. The van der Waals surface area contributed by atoms with Crippen molar-refractivity contribution in [1.82, 2.24) is 4.98 Å². The molecule has 1 aromatic heterocycles. The van der Waals surface area contributed by atoms with Crippen LogP contribution in [0.4, 0.5) is 5.13 Å². The quantitative estimate of drug-likeness (QED) is 0.415. The summed E-state index contributed by atoms with van der Waals surface area (Å²) in [5.74, 6) is -0.0392. The van der Waals surface area contributed by atoms with Crippen LogP contribution < -0.4 is 5.32 Å². The number of thioether (sulfide) groups is 1. The molecule has 0 saturated carbocycles. The molecule has 0 aliphatic carbocycles. The van der Waals surface area contributed by atoms with Gasteiger partial charge in [-0.1, -0.05) is 67.6 Å². The lowest BCUT2D eigenvalue weighted by atomic mass is 10.1. The molecule has 27 heavy (non-hydrogen) atoms. The third-order valence-electron chi connectivity index (χ3n) is 4.19. The Kier molecular flexibility index (Phi) is 5.14. The van der Waals surface area contributed by atoms with E-state index in [1.54, 1.807) is 0 Å². The number of carbonyl (C=O) groups excluding carboxylic acids is 1. The zero-order valence-corrected chi connectivity index (χ0v) is 16.9. The number of rotatable bonds is 5. The Morgan fingerprint density at radius 3 is 2.63 bits per heavy atom. The second kappa shape index (κ2) is 7.71. The van der Waals surface area contributed by atoms with E-state index in [1.165, 1.54) is 16.2 Å². The Morgan fingerprint density at radius 1 is 1.07 bits per heavy atom. The van der Waals surface area contributed by atoms with Gasteiger partial charge in [-0.2, -0.15) is 0 Å². The number of thiazole rings is 1. The fraction of sp³-hybridized carbons (Fsp3) is 0.182. The molecule has 0 aliphatic rings.